The third-order valence-corrected chi connectivity index (χ3v) is 3.33. The van der Waals surface area contributed by atoms with Gasteiger partial charge in [0.25, 0.3) is 0 Å². The van der Waals surface area contributed by atoms with Crippen LogP contribution in [0.3, 0.4) is 0 Å². The zero-order valence-corrected chi connectivity index (χ0v) is 10.5. The number of para-hydroxylation sites is 1. The van der Waals surface area contributed by atoms with Crippen molar-refractivity contribution >= 4 is 5.69 Å². The lowest BCUT2D eigenvalue weighted by Crippen LogP contribution is -2.18. The van der Waals surface area contributed by atoms with Crippen molar-refractivity contribution < 1.29 is 4.74 Å². The third-order valence-electron chi connectivity index (χ3n) is 3.33. The fourth-order valence-electron chi connectivity index (χ4n) is 2.34. The van der Waals surface area contributed by atoms with Crippen molar-refractivity contribution in [3.8, 4) is 0 Å². The molecular formula is C15H23NO. The second-order valence-corrected chi connectivity index (χ2v) is 4.78. The van der Waals surface area contributed by atoms with Gasteiger partial charge in [-0.15, -0.1) is 0 Å². The first-order chi connectivity index (χ1) is 8.45. The summed E-state index contributed by atoms with van der Waals surface area (Å²) in [5.74, 6) is 0. The number of hydrogen-bond donors (Lipinski definition) is 1. The Labute approximate surface area is 104 Å². The fraction of sp³-hybridized carbons (Fsp3) is 0.600. The summed E-state index contributed by atoms with van der Waals surface area (Å²) in [5, 5.41) is 3.40. The summed E-state index contributed by atoms with van der Waals surface area (Å²) in [7, 11) is 0. The first kappa shape index (κ1) is 12.4. The number of benzene rings is 1. The van der Waals surface area contributed by atoms with E-state index in [0.717, 1.165) is 19.6 Å². The van der Waals surface area contributed by atoms with Crippen LogP contribution in [-0.4, -0.2) is 19.3 Å². The zero-order valence-electron chi connectivity index (χ0n) is 10.5. The number of hydrogen-bond acceptors (Lipinski definition) is 2. The van der Waals surface area contributed by atoms with Crippen molar-refractivity contribution in [2.24, 2.45) is 0 Å². The van der Waals surface area contributed by atoms with E-state index in [1.807, 2.05) is 6.07 Å². The van der Waals surface area contributed by atoms with Crippen LogP contribution in [0.4, 0.5) is 5.69 Å². The van der Waals surface area contributed by atoms with Crippen LogP contribution in [0.15, 0.2) is 30.3 Å². The van der Waals surface area contributed by atoms with Gasteiger partial charge in [-0.1, -0.05) is 37.5 Å². The van der Waals surface area contributed by atoms with Crippen LogP contribution in [0.1, 0.15) is 38.5 Å². The Hall–Kier alpha value is -1.02. The highest BCUT2D eigenvalue weighted by molar-refractivity contribution is 5.42. The summed E-state index contributed by atoms with van der Waals surface area (Å²) in [5.41, 5.74) is 1.20. The molecule has 2 rings (SSSR count). The van der Waals surface area contributed by atoms with Crippen LogP contribution >= 0.6 is 0 Å². The zero-order chi connectivity index (χ0) is 11.8. The Kier molecular flexibility index (Phi) is 5.37. The highest BCUT2D eigenvalue weighted by Gasteiger charge is 2.12. The van der Waals surface area contributed by atoms with Gasteiger partial charge in [0.1, 0.15) is 0 Å². The summed E-state index contributed by atoms with van der Waals surface area (Å²) >= 11 is 0. The van der Waals surface area contributed by atoms with E-state index in [9.17, 15) is 0 Å². The smallest absolute Gasteiger partial charge is 0.0575 e. The molecule has 0 radical (unpaired) electrons. The van der Waals surface area contributed by atoms with Crippen molar-refractivity contribution in [1.82, 2.24) is 0 Å². The molecule has 1 aliphatic carbocycles. The van der Waals surface area contributed by atoms with Gasteiger partial charge in [-0.2, -0.15) is 0 Å². The van der Waals surface area contributed by atoms with Gasteiger partial charge < -0.3 is 10.1 Å². The molecule has 1 aromatic carbocycles. The topological polar surface area (TPSA) is 21.3 Å². The van der Waals surface area contributed by atoms with E-state index in [0.29, 0.717) is 6.10 Å². The summed E-state index contributed by atoms with van der Waals surface area (Å²) in [6.07, 6.45) is 8.28. The van der Waals surface area contributed by atoms with Crippen molar-refractivity contribution in [2.75, 3.05) is 18.5 Å². The monoisotopic (exact) mass is 233 g/mol. The first-order valence-electron chi connectivity index (χ1n) is 6.86. The Morgan fingerprint density at radius 2 is 1.82 bits per heavy atom. The molecule has 0 aliphatic heterocycles. The predicted molar refractivity (Wildman–Crippen MR) is 72.4 cm³/mol. The number of ether oxygens (including phenoxy) is 1. The molecule has 1 fully saturated rings. The Bertz CT molecular complexity index is 293. The van der Waals surface area contributed by atoms with Crippen molar-refractivity contribution in [3.63, 3.8) is 0 Å². The molecule has 0 heterocycles. The van der Waals surface area contributed by atoms with E-state index in [-0.39, 0.29) is 0 Å². The molecule has 0 saturated heterocycles. The van der Waals surface area contributed by atoms with Crippen LogP contribution in [0.5, 0.6) is 0 Å². The van der Waals surface area contributed by atoms with Gasteiger partial charge in [-0.05, 0) is 31.4 Å². The molecule has 94 valence electrons. The van der Waals surface area contributed by atoms with E-state index in [1.165, 1.54) is 37.8 Å². The van der Waals surface area contributed by atoms with Crippen LogP contribution in [-0.2, 0) is 4.74 Å². The van der Waals surface area contributed by atoms with Crippen LogP contribution in [0.2, 0.25) is 0 Å². The normalized spacial score (nSPS) is 16.9. The van der Waals surface area contributed by atoms with E-state index < -0.39 is 0 Å². The molecule has 2 nitrogen and oxygen atoms in total. The Morgan fingerprint density at radius 1 is 1.06 bits per heavy atom. The van der Waals surface area contributed by atoms with Crippen LogP contribution in [0.25, 0.3) is 0 Å². The lowest BCUT2D eigenvalue weighted by Gasteiger charge is -2.22. The highest BCUT2D eigenvalue weighted by Crippen LogP contribution is 2.20. The molecule has 1 saturated carbocycles. The molecule has 1 aromatic rings. The average molecular weight is 233 g/mol. The molecule has 2 heteroatoms. The van der Waals surface area contributed by atoms with Crippen molar-refractivity contribution in [2.45, 2.75) is 44.6 Å². The standard InChI is InChI=1S/C15H23NO/c1-3-8-14(9-4-1)16-12-7-13-17-15-10-5-2-6-11-15/h1,3-4,8-9,15-16H,2,5-7,10-13H2. The quantitative estimate of drug-likeness (QED) is 0.754. The van der Waals surface area contributed by atoms with E-state index in [4.69, 9.17) is 4.74 Å². The van der Waals surface area contributed by atoms with Gasteiger partial charge in [-0.3, -0.25) is 0 Å². The fourth-order valence-corrected chi connectivity index (χ4v) is 2.34. The minimum atomic E-state index is 0.542. The van der Waals surface area contributed by atoms with E-state index in [1.54, 1.807) is 0 Å². The number of nitrogens with one attached hydrogen (secondary N) is 1. The summed E-state index contributed by atoms with van der Waals surface area (Å²) in [4.78, 5) is 0. The van der Waals surface area contributed by atoms with E-state index >= 15 is 0 Å². The molecule has 0 aromatic heterocycles. The molecule has 17 heavy (non-hydrogen) atoms. The van der Waals surface area contributed by atoms with Crippen LogP contribution < -0.4 is 5.32 Å². The van der Waals surface area contributed by atoms with Gasteiger partial charge in [0.15, 0.2) is 0 Å². The van der Waals surface area contributed by atoms with Gasteiger partial charge >= 0.3 is 0 Å². The molecule has 1 aliphatic rings. The molecule has 0 bridgehead atoms. The molecule has 0 amide bonds. The maximum Gasteiger partial charge on any atom is 0.0575 e. The molecule has 0 atom stereocenters. The van der Waals surface area contributed by atoms with Gasteiger partial charge in [0.05, 0.1) is 6.10 Å². The summed E-state index contributed by atoms with van der Waals surface area (Å²) in [6.45, 7) is 1.89. The SMILES string of the molecule is c1ccc(NCCCOC2CCCCC2)cc1. The first-order valence-corrected chi connectivity index (χ1v) is 6.86. The van der Waals surface area contributed by atoms with Crippen molar-refractivity contribution in [1.29, 1.82) is 0 Å². The molecule has 1 N–H and O–H groups in total. The number of rotatable bonds is 6. The summed E-state index contributed by atoms with van der Waals surface area (Å²) < 4.78 is 5.88. The molecular weight excluding hydrogens is 210 g/mol. The Morgan fingerprint density at radius 3 is 2.59 bits per heavy atom. The average Bonchev–Trinajstić information content (AvgIpc) is 2.41. The third kappa shape index (κ3) is 4.78. The van der Waals surface area contributed by atoms with Crippen LogP contribution in [0, 0.1) is 0 Å². The molecule has 0 spiro atoms. The predicted octanol–water partition coefficient (Wildman–Crippen LogP) is 3.84. The van der Waals surface area contributed by atoms with E-state index in [2.05, 4.69) is 29.6 Å². The minimum absolute atomic E-state index is 0.542. The van der Waals surface area contributed by atoms with Crippen molar-refractivity contribution in [3.05, 3.63) is 30.3 Å². The van der Waals surface area contributed by atoms with Gasteiger partial charge in [-0.25, -0.2) is 0 Å². The highest BCUT2D eigenvalue weighted by atomic mass is 16.5. The van der Waals surface area contributed by atoms with Gasteiger partial charge in [0, 0.05) is 18.8 Å². The lowest BCUT2D eigenvalue weighted by atomic mass is 9.98. The minimum Gasteiger partial charge on any atom is -0.385 e. The second kappa shape index (κ2) is 7.33. The maximum absolute atomic E-state index is 5.88. The number of anilines is 1. The van der Waals surface area contributed by atoms with Gasteiger partial charge in [0.2, 0.25) is 0 Å². The Balaban J connectivity index is 1.51. The lowest BCUT2D eigenvalue weighted by molar-refractivity contribution is 0.0284. The maximum atomic E-state index is 5.88. The molecule has 0 unspecified atom stereocenters. The second-order valence-electron chi connectivity index (χ2n) is 4.78. The largest absolute Gasteiger partial charge is 0.385 e. The summed E-state index contributed by atoms with van der Waals surface area (Å²) in [6, 6.07) is 10.4.